The molecule has 35 heavy (non-hydrogen) atoms. The van der Waals surface area contributed by atoms with Crippen LogP contribution >= 0.6 is 0 Å². The van der Waals surface area contributed by atoms with Gasteiger partial charge in [-0.2, -0.15) is 4.98 Å². The molecule has 184 valence electrons. The van der Waals surface area contributed by atoms with Crippen LogP contribution in [0.5, 0.6) is 17.5 Å². The summed E-state index contributed by atoms with van der Waals surface area (Å²) < 4.78 is 11.9. The Morgan fingerprint density at radius 1 is 0.857 bits per heavy atom. The van der Waals surface area contributed by atoms with E-state index in [9.17, 15) is 0 Å². The van der Waals surface area contributed by atoms with Crippen LogP contribution in [-0.2, 0) is 12.8 Å². The average molecular weight is 474 g/mol. The van der Waals surface area contributed by atoms with Gasteiger partial charge in [0.05, 0.1) is 24.2 Å². The number of hydrogen-bond donors (Lipinski definition) is 0. The van der Waals surface area contributed by atoms with Gasteiger partial charge in [-0.3, -0.25) is 9.88 Å². The lowest BCUT2D eigenvalue weighted by Gasteiger charge is -2.35. The summed E-state index contributed by atoms with van der Waals surface area (Å²) in [6, 6.07) is 14.1. The topological polar surface area (TPSA) is 63.6 Å². The molecule has 0 unspecified atom stereocenters. The third kappa shape index (κ3) is 6.48. The minimum atomic E-state index is 0.638. The van der Waals surface area contributed by atoms with Crippen molar-refractivity contribution < 1.29 is 9.47 Å². The van der Waals surface area contributed by atoms with Gasteiger partial charge in [0.1, 0.15) is 11.6 Å². The molecule has 1 aromatic carbocycles. The molecule has 1 fully saturated rings. The van der Waals surface area contributed by atoms with E-state index in [1.807, 2.05) is 30.3 Å². The van der Waals surface area contributed by atoms with Crippen LogP contribution in [0, 0.1) is 6.92 Å². The lowest BCUT2D eigenvalue weighted by molar-refractivity contribution is 0.235. The van der Waals surface area contributed by atoms with Crippen molar-refractivity contribution in [1.29, 1.82) is 0 Å². The first kappa shape index (κ1) is 23.5. The average Bonchev–Trinajstić information content (AvgIpc) is 2.89. The molecule has 2 aromatic heterocycles. The second kappa shape index (κ2) is 11.5. The number of aryl methyl sites for hydroxylation is 3. The van der Waals surface area contributed by atoms with Crippen LogP contribution in [0.25, 0.3) is 0 Å². The molecule has 0 bridgehead atoms. The summed E-state index contributed by atoms with van der Waals surface area (Å²) in [6.45, 7) is 7.89. The Morgan fingerprint density at radius 3 is 2.54 bits per heavy atom. The Labute approximate surface area is 208 Å². The van der Waals surface area contributed by atoms with E-state index in [1.165, 1.54) is 18.4 Å². The van der Waals surface area contributed by atoms with Crippen LogP contribution in [0.15, 0.2) is 48.7 Å². The van der Waals surface area contributed by atoms with Gasteiger partial charge in [-0.1, -0.05) is 18.2 Å². The Hall–Kier alpha value is -3.19. The quantitative estimate of drug-likeness (QED) is 0.412. The third-order valence-electron chi connectivity index (χ3n) is 6.72. The largest absolute Gasteiger partial charge is 0.477 e. The molecular formula is C28H35N5O2. The van der Waals surface area contributed by atoms with E-state index >= 15 is 0 Å². The molecule has 5 rings (SSSR count). The maximum Gasteiger partial charge on any atom is 0.232 e. The van der Waals surface area contributed by atoms with Crippen LogP contribution in [-0.4, -0.2) is 59.2 Å². The highest BCUT2D eigenvalue weighted by molar-refractivity contribution is 5.42. The molecular weight excluding hydrogens is 438 g/mol. The van der Waals surface area contributed by atoms with Crippen molar-refractivity contribution in [3.8, 4) is 17.5 Å². The lowest BCUT2D eigenvalue weighted by Crippen LogP contribution is -2.46. The van der Waals surface area contributed by atoms with Crippen LogP contribution in [0.2, 0.25) is 0 Å². The maximum atomic E-state index is 5.98. The first-order valence-electron chi connectivity index (χ1n) is 12.9. The molecule has 3 heterocycles. The predicted octanol–water partition coefficient (Wildman–Crippen LogP) is 4.83. The van der Waals surface area contributed by atoms with E-state index in [-0.39, 0.29) is 0 Å². The second-order valence-corrected chi connectivity index (χ2v) is 9.45. The van der Waals surface area contributed by atoms with Gasteiger partial charge >= 0.3 is 0 Å². The maximum absolute atomic E-state index is 5.98. The van der Waals surface area contributed by atoms with Gasteiger partial charge in [0.2, 0.25) is 11.8 Å². The fourth-order valence-corrected chi connectivity index (χ4v) is 4.75. The van der Waals surface area contributed by atoms with Gasteiger partial charge in [-0.05, 0) is 75.8 Å². The van der Waals surface area contributed by atoms with Crippen molar-refractivity contribution in [2.75, 3.05) is 44.2 Å². The first-order chi connectivity index (χ1) is 17.2. The number of ether oxygens (including phenoxy) is 2. The highest BCUT2D eigenvalue weighted by atomic mass is 16.5. The highest BCUT2D eigenvalue weighted by Gasteiger charge is 2.18. The number of rotatable bonds is 9. The van der Waals surface area contributed by atoms with Crippen molar-refractivity contribution >= 4 is 5.82 Å². The van der Waals surface area contributed by atoms with Gasteiger partial charge in [0.25, 0.3) is 0 Å². The number of pyridine rings is 1. The molecule has 0 saturated carbocycles. The van der Waals surface area contributed by atoms with Crippen LogP contribution in [0.3, 0.4) is 0 Å². The van der Waals surface area contributed by atoms with E-state index in [0.29, 0.717) is 18.4 Å². The molecule has 0 atom stereocenters. The highest BCUT2D eigenvalue weighted by Crippen LogP contribution is 2.24. The van der Waals surface area contributed by atoms with Crippen molar-refractivity contribution in [3.05, 3.63) is 65.6 Å². The molecule has 0 N–H and O–H groups in total. The number of unbranched alkanes of at least 4 members (excludes halogenated alkanes) is 1. The smallest absolute Gasteiger partial charge is 0.232 e. The number of aromatic nitrogens is 3. The summed E-state index contributed by atoms with van der Waals surface area (Å²) in [5.41, 5.74) is 3.46. The SMILES string of the molecule is Cc1cccc(Oc2cccc(N3CCN(CCCCOc4cnc5c(n4)CCCC5)CC3)n2)c1. The number of fused-ring (bicyclic) bond motifs is 1. The van der Waals surface area contributed by atoms with E-state index in [0.717, 1.165) is 81.4 Å². The molecule has 7 nitrogen and oxygen atoms in total. The summed E-state index contributed by atoms with van der Waals surface area (Å²) in [5, 5.41) is 0. The molecule has 3 aromatic rings. The Kier molecular flexibility index (Phi) is 7.73. The van der Waals surface area contributed by atoms with Crippen LogP contribution in [0.1, 0.15) is 42.6 Å². The zero-order valence-electron chi connectivity index (χ0n) is 20.7. The Balaban J connectivity index is 1.02. The number of nitrogens with zero attached hydrogens (tertiary/aromatic N) is 5. The fourth-order valence-electron chi connectivity index (χ4n) is 4.75. The van der Waals surface area contributed by atoms with Crippen LogP contribution < -0.4 is 14.4 Å². The molecule has 0 radical (unpaired) electrons. The summed E-state index contributed by atoms with van der Waals surface area (Å²) in [7, 11) is 0. The summed E-state index contributed by atoms with van der Waals surface area (Å²) in [4.78, 5) is 18.8. The monoisotopic (exact) mass is 473 g/mol. The standard InChI is InChI=1S/C28H35N5O2/c1-22-8-6-9-23(20-22)35-27-13-7-12-26(31-27)33-17-15-32(16-18-33)14-4-5-19-34-28-21-29-24-10-2-3-11-25(24)30-28/h6-9,12-13,20-21H,2-5,10-11,14-19H2,1H3. The summed E-state index contributed by atoms with van der Waals surface area (Å²) >= 11 is 0. The molecule has 1 saturated heterocycles. The van der Waals surface area contributed by atoms with Crippen LogP contribution in [0.4, 0.5) is 5.82 Å². The Bertz CT molecular complexity index is 1110. The molecule has 1 aliphatic carbocycles. The van der Waals surface area contributed by atoms with Gasteiger partial charge in [0, 0.05) is 32.2 Å². The first-order valence-corrected chi connectivity index (χ1v) is 12.9. The van der Waals surface area contributed by atoms with Crippen molar-refractivity contribution in [2.45, 2.75) is 45.4 Å². The van der Waals surface area contributed by atoms with Gasteiger partial charge in [-0.15, -0.1) is 0 Å². The zero-order valence-corrected chi connectivity index (χ0v) is 20.7. The fraction of sp³-hybridized carbons (Fsp3) is 0.464. The molecule has 0 spiro atoms. The summed E-state index contributed by atoms with van der Waals surface area (Å²) in [6.07, 6.45) is 8.46. The van der Waals surface area contributed by atoms with E-state index in [4.69, 9.17) is 14.5 Å². The van der Waals surface area contributed by atoms with Gasteiger partial charge < -0.3 is 14.4 Å². The third-order valence-corrected chi connectivity index (χ3v) is 6.72. The predicted molar refractivity (Wildman–Crippen MR) is 138 cm³/mol. The van der Waals surface area contributed by atoms with E-state index < -0.39 is 0 Å². The molecule has 7 heteroatoms. The number of hydrogen-bond acceptors (Lipinski definition) is 7. The number of piperazine rings is 1. The Morgan fingerprint density at radius 2 is 1.69 bits per heavy atom. The van der Waals surface area contributed by atoms with Gasteiger partial charge in [0.15, 0.2) is 0 Å². The van der Waals surface area contributed by atoms with E-state index in [2.05, 4.69) is 38.8 Å². The summed E-state index contributed by atoms with van der Waals surface area (Å²) in [5.74, 6) is 3.12. The second-order valence-electron chi connectivity index (χ2n) is 9.45. The molecule has 2 aliphatic rings. The lowest BCUT2D eigenvalue weighted by atomic mass is 10.0. The minimum Gasteiger partial charge on any atom is -0.477 e. The normalized spacial score (nSPS) is 16.1. The molecule has 0 amide bonds. The number of benzene rings is 1. The zero-order chi connectivity index (χ0) is 23.9. The van der Waals surface area contributed by atoms with Crippen molar-refractivity contribution in [3.63, 3.8) is 0 Å². The van der Waals surface area contributed by atoms with E-state index in [1.54, 1.807) is 6.20 Å². The molecule has 1 aliphatic heterocycles. The van der Waals surface area contributed by atoms with Crippen molar-refractivity contribution in [2.24, 2.45) is 0 Å². The minimum absolute atomic E-state index is 0.638. The van der Waals surface area contributed by atoms with Crippen molar-refractivity contribution in [1.82, 2.24) is 19.9 Å². The van der Waals surface area contributed by atoms with Gasteiger partial charge in [-0.25, -0.2) is 4.98 Å². The number of anilines is 1.